The zero-order valence-electron chi connectivity index (χ0n) is 17.2. The number of amides is 1. The molecule has 7 heteroatoms. The fourth-order valence-corrected chi connectivity index (χ4v) is 4.57. The summed E-state index contributed by atoms with van der Waals surface area (Å²) < 4.78 is 5.04. The van der Waals surface area contributed by atoms with Gasteiger partial charge in [0.25, 0.3) is 0 Å². The number of ether oxygens (including phenoxy) is 1. The number of rotatable bonds is 7. The van der Waals surface area contributed by atoms with Crippen LogP contribution >= 0.6 is 0 Å². The minimum atomic E-state index is -0.328. The van der Waals surface area contributed by atoms with Gasteiger partial charge >= 0.3 is 6.09 Å². The molecule has 3 N–H and O–H groups in total. The maximum atomic E-state index is 11.8. The third kappa shape index (κ3) is 5.74. The standard InChI is InChI=1S/C20H37N5O2/c1-4-21-19(22-13-18(14-9-10-14)24-20(26)27-5-2)23-15-11-16-7-6-8-17(12-15)25(16)3/h14-18H,4-13H2,1-3H3,(H,24,26)(H2,21,22,23). The minimum absolute atomic E-state index is 0.0661. The van der Waals surface area contributed by atoms with Crippen LogP contribution in [0.1, 0.15) is 58.8 Å². The number of fused-ring (bicyclic) bond motifs is 2. The molecular formula is C20H37N5O2. The Bertz CT molecular complexity index is 509. The van der Waals surface area contributed by atoms with E-state index in [1.165, 1.54) is 32.1 Å². The number of nitrogens with zero attached hydrogens (tertiary/aromatic N) is 2. The number of guanidine groups is 1. The molecule has 3 fully saturated rings. The van der Waals surface area contributed by atoms with Crippen molar-refractivity contribution in [2.45, 2.75) is 83.0 Å². The molecule has 154 valence electrons. The van der Waals surface area contributed by atoms with Gasteiger partial charge in [0.15, 0.2) is 5.96 Å². The summed E-state index contributed by atoms with van der Waals surface area (Å²) in [7, 11) is 2.28. The Labute approximate surface area is 163 Å². The Kier molecular flexibility index (Phi) is 7.21. The number of hydrogen-bond acceptors (Lipinski definition) is 4. The molecule has 1 saturated carbocycles. The molecule has 2 aliphatic heterocycles. The molecule has 7 nitrogen and oxygen atoms in total. The fourth-order valence-electron chi connectivity index (χ4n) is 4.57. The van der Waals surface area contributed by atoms with E-state index in [0.717, 1.165) is 25.3 Å². The molecule has 0 aromatic rings. The Morgan fingerprint density at radius 3 is 2.48 bits per heavy atom. The van der Waals surface area contributed by atoms with Crippen LogP contribution in [0.15, 0.2) is 4.99 Å². The zero-order chi connectivity index (χ0) is 19.2. The van der Waals surface area contributed by atoms with E-state index in [1.807, 2.05) is 6.92 Å². The van der Waals surface area contributed by atoms with Crippen molar-refractivity contribution in [3.05, 3.63) is 0 Å². The van der Waals surface area contributed by atoms with Crippen molar-refractivity contribution in [2.24, 2.45) is 10.9 Å². The van der Waals surface area contributed by atoms with E-state index < -0.39 is 0 Å². The number of aliphatic imine (C=N–C) groups is 1. The smallest absolute Gasteiger partial charge is 0.407 e. The van der Waals surface area contributed by atoms with Crippen LogP contribution in [0.4, 0.5) is 4.79 Å². The monoisotopic (exact) mass is 379 g/mol. The highest BCUT2D eigenvalue weighted by Gasteiger charge is 2.36. The van der Waals surface area contributed by atoms with Crippen molar-refractivity contribution < 1.29 is 9.53 Å². The summed E-state index contributed by atoms with van der Waals surface area (Å²) in [5.41, 5.74) is 0. The van der Waals surface area contributed by atoms with Crippen molar-refractivity contribution in [3.8, 4) is 0 Å². The first-order valence-corrected chi connectivity index (χ1v) is 10.8. The Balaban J connectivity index is 1.56. The third-order valence-corrected chi connectivity index (χ3v) is 6.24. The average molecular weight is 380 g/mol. The molecular weight excluding hydrogens is 342 g/mol. The van der Waals surface area contributed by atoms with Crippen molar-refractivity contribution >= 4 is 12.1 Å². The highest BCUT2D eigenvalue weighted by molar-refractivity contribution is 5.80. The van der Waals surface area contributed by atoms with Crippen molar-refractivity contribution in [3.63, 3.8) is 0 Å². The minimum Gasteiger partial charge on any atom is -0.450 e. The molecule has 3 unspecified atom stereocenters. The number of nitrogens with one attached hydrogen (secondary N) is 3. The summed E-state index contributed by atoms with van der Waals surface area (Å²) in [4.78, 5) is 19.2. The van der Waals surface area contributed by atoms with E-state index in [-0.39, 0.29) is 12.1 Å². The topological polar surface area (TPSA) is 78.0 Å². The van der Waals surface area contributed by atoms with Gasteiger partial charge in [-0.05, 0) is 65.3 Å². The van der Waals surface area contributed by atoms with E-state index >= 15 is 0 Å². The van der Waals surface area contributed by atoms with Crippen LogP contribution in [0.2, 0.25) is 0 Å². The second kappa shape index (κ2) is 9.62. The normalized spacial score (nSPS) is 29.7. The van der Waals surface area contributed by atoms with E-state index in [2.05, 4.69) is 34.8 Å². The van der Waals surface area contributed by atoms with Gasteiger partial charge in [0.2, 0.25) is 0 Å². The Morgan fingerprint density at radius 2 is 1.89 bits per heavy atom. The van der Waals surface area contributed by atoms with Crippen molar-refractivity contribution in [2.75, 3.05) is 26.7 Å². The molecule has 3 aliphatic rings. The molecule has 2 heterocycles. The lowest BCUT2D eigenvalue weighted by atomic mass is 9.82. The van der Waals surface area contributed by atoms with Gasteiger partial charge < -0.3 is 25.6 Å². The second-order valence-electron chi connectivity index (χ2n) is 8.25. The van der Waals surface area contributed by atoms with Crippen molar-refractivity contribution in [1.82, 2.24) is 20.9 Å². The first-order chi connectivity index (χ1) is 13.1. The molecule has 2 bridgehead atoms. The van der Waals surface area contributed by atoms with Gasteiger partial charge in [0.1, 0.15) is 0 Å². The maximum Gasteiger partial charge on any atom is 0.407 e. The lowest BCUT2D eigenvalue weighted by molar-refractivity contribution is 0.0526. The number of carbonyl (C=O) groups excluding carboxylic acids is 1. The SMILES string of the molecule is CCNC(=NCC(NC(=O)OCC)C1CC1)NC1CC2CCCC(C1)N2C. The van der Waals surface area contributed by atoms with Crippen molar-refractivity contribution in [1.29, 1.82) is 0 Å². The number of piperidine rings is 2. The van der Waals surface area contributed by atoms with Crippen LogP contribution in [0.3, 0.4) is 0 Å². The predicted octanol–water partition coefficient (Wildman–Crippen LogP) is 2.08. The Morgan fingerprint density at radius 1 is 1.19 bits per heavy atom. The van der Waals surface area contributed by atoms with E-state index in [1.54, 1.807) is 0 Å². The van der Waals surface area contributed by atoms with Gasteiger partial charge in [-0.25, -0.2) is 4.79 Å². The highest BCUT2D eigenvalue weighted by atomic mass is 16.5. The van der Waals surface area contributed by atoms with Gasteiger partial charge in [-0.3, -0.25) is 4.99 Å². The van der Waals surface area contributed by atoms with Gasteiger partial charge in [0.05, 0.1) is 19.2 Å². The van der Waals surface area contributed by atoms with Crippen LogP contribution in [0.5, 0.6) is 0 Å². The lowest BCUT2D eigenvalue weighted by Crippen LogP contribution is -2.56. The largest absolute Gasteiger partial charge is 0.450 e. The molecule has 0 spiro atoms. The highest BCUT2D eigenvalue weighted by Crippen LogP contribution is 2.33. The predicted molar refractivity (Wildman–Crippen MR) is 108 cm³/mol. The van der Waals surface area contributed by atoms with E-state index in [0.29, 0.717) is 37.2 Å². The summed E-state index contributed by atoms with van der Waals surface area (Å²) in [6, 6.07) is 1.94. The molecule has 0 aromatic heterocycles. The van der Waals surface area contributed by atoms with Crippen LogP contribution < -0.4 is 16.0 Å². The lowest BCUT2D eigenvalue weighted by Gasteiger charge is -2.47. The maximum absolute atomic E-state index is 11.8. The number of hydrogen-bond donors (Lipinski definition) is 3. The summed E-state index contributed by atoms with van der Waals surface area (Å²) >= 11 is 0. The summed E-state index contributed by atoms with van der Waals surface area (Å²) in [5.74, 6) is 1.41. The molecule has 1 amide bonds. The first-order valence-electron chi connectivity index (χ1n) is 10.8. The zero-order valence-corrected chi connectivity index (χ0v) is 17.2. The number of carbonyl (C=O) groups is 1. The third-order valence-electron chi connectivity index (χ3n) is 6.24. The molecule has 2 saturated heterocycles. The van der Waals surface area contributed by atoms with Gasteiger partial charge in [0, 0.05) is 24.7 Å². The molecule has 3 rings (SSSR count). The molecule has 1 aliphatic carbocycles. The summed E-state index contributed by atoms with van der Waals surface area (Å²) in [6.45, 7) is 5.75. The van der Waals surface area contributed by atoms with Crippen LogP contribution in [-0.2, 0) is 4.74 Å². The van der Waals surface area contributed by atoms with Gasteiger partial charge in [-0.15, -0.1) is 0 Å². The Hall–Kier alpha value is -1.50. The fraction of sp³-hybridized carbons (Fsp3) is 0.900. The number of alkyl carbamates (subject to hydrolysis) is 1. The molecule has 3 atom stereocenters. The molecule has 0 radical (unpaired) electrons. The van der Waals surface area contributed by atoms with Gasteiger partial charge in [-0.1, -0.05) is 6.42 Å². The summed E-state index contributed by atoms with van der Waals surface area (Å²) in [5, 5.41) is 10.0. The van der Waals surface area contributed by atoms with E-state index in [9.17, 15) is 4.79 Å². The second-order valence-corrected chi connectivity index (χ2v) is 8.25. The quantitative estimate of drug-likeness (QED) is 0.466. The summed E-state index contributed by atoms with van der Waals surface area (Å²) in [6.07, 6.45) is 8.35. The van der Waals surface area contributed by atoms with Crippen LogP contribution in [-0.4, -0.2) is 67.9 Å². The van der Waals surface area contributed by atoms with Crippen LogP contribution in [0.25, 0.3) is 0 Å². The van der Waals surface area contributed by atoms with Crippen LogP contribution in [0, 0.1) is 5.92 Å². The molecule has 0 aromatic carbocycles. The van der Waals surface area contributed by atoms with E-state index in [4.69, 9.17) is 9.73 Å². The van der Waals surface area contributed by atoms with Gasteiger partial charge in [-0.2, -0.15) is 0 Å². The molecule has 27 heavy (non-hydrogen) atoms. The average Bonchev–Trinajstić information content (AvgIpc) is 3.44. The first kappa shape index (κ1) is 20.2.